The third kappa shape index (κ3) is 3.42. The molecule has 0 saturated carbocycles. The highest BCUT2D eigenvalue weighted by molar-refractivity contribution is 5.22. The molecule has 0 radical (unpaired) electrons. The molecule has 5 heteroatoms. The highest BCUT2D eigenvalue weighted by Crippen LogP contribution is 2.23. The van der Waals surface area contributed by atoms with Crippen LogP contribution in [-0.2, 0) is 0 Å². The van der Waals surface area contributed by atoms with Crippen LogP contribution in [0.5, 0.6) is 0 Å². The van der Waals surface area contributed by atoms with E-state index in [1.54, 1.807) is 0 Å². The number of hydrogen-bond acceptors (Lipinski definition) is 3. The lowest BCUT2D eigenvalue weighted by Gasteiger charge is -2.28. The number of rotatable bonds is 3. The minimum atomic E-state index is -0.478. The molecule has 0 aliphatic carbocycles. The molecule has 2 fully saturated rings. The van der Waals surface area contributed by atoms with E-state index < -0.39 is 17.7 Å². The molecular weight excluding hydrogens is 272 g/mol. The molecule has 1 aromatic carbocycles. The van der Waals surface area contributed by atoms with Crippen LogP contribution in [0.4, 0.5) is 8.78 Å². The van der Waals surface area contributed by atoms with Gasteiger partial charge in [0, 0.05) is 30.7 Å². The molecule has 2 saturated heterocycles. The maximum atomic E-state index is 13.8. The van der Waals surface area contributed by atoms with Crippen LogP contribution < -0.4 is 5.73 Å². The maximum Gasteiger partial charge on any atom is 0.128 e. The lowest BCUT2D eigenvalue weighted by molar-refractivity contribution is 0.212. The fourth-order valence-corrected chi connectivity index (χ4v) is 3.62. The van der Waals surface area contributed by atoms with Crippen LogP contribution in [0.15, 0.2) is 18.2 Å². The van der Waals surface area contributed by atoms with Gasteiger partial charge in [-0.2, -0.15) is 0 Å². The van der Waals surface area contributed by atoms with Crippen molar-refractivity contribution in [2.75, 3.05) is 32.7 Å². The van der Waals surface area contributed by atoms with E-state index >= 15 is 0 Å². The van der Waals surface area contributed by atoms with Crippen LogP contribution in [-0.4, -0.2) is 48.6 Å². The molecule has 0 amide bonds. The van der Waals surface area contributed by atoms with Gasteiger partial charge in [0.05, 0.1) is 0 Å². The topological polar surface area (TPSA) is 32.5 Å². The molecule has 2 N–H and O–H groups in total. The van der Waals surface area contributed by atoms with Gasteiger partial charge >= 0.3 is 0 Å². The molecule has 21 heavy (non-hydrogen) atoms. The van der Waals surface area contributed by atoms with Crippen LogP contribution in [0, 0.1) is 11.6 Å². The van der Waals surface area contributed by atoms with E-state index in [0.717, 1.165) is 38.2 Å². The fourth-order valence-electron chi connectivity index (χ4n) is 3.62. The summed E-state index contributed by atoms with van der Waals surface area (Å²) in [6.07, 6.45) is 3.62. The van der Waals surface area contributed by atoms with Crippen molar-refractivity contribution >= 4 is 0 Å². The summed E-state index contributed by atoms with van der Waals surface area (Å²) < 4.78 is 27.1. The SMILES string of the molecule is NC(CN1CCCN2CCCC2C1)c1cc(F)ccc1F. The Morgan fingerprint density at radius 2 is 2.00 bits per heavy atom. The van der Waals surface area contributed by atoms with E-state index in [1.165, 1.54) is 25.5 Å². The van der Waals surface area contributed by atoms with E-state index in [9.17, 15) is 8.78 Å². The predicted octanol–water partition coefficient (Wildman–Crippen LogP) is 2.13. The summed E-state index contributed by atoms with van der Waals surface area (Å²) >= 11 is 0. The Balaban J connectivity index is 1.66. The third-order valence-electron chi connectivity index (χ3n) is 4.70. The van der Waals surface area contributed by atoms with E-state index in [2.05, 4.69) is 9.80 Å². The van der Waals surface area contributed by atoms with Crippen LogP contribution in [0.3, 0.4) is 0 Å². The first-order valence-corrected chi connectivity index (χ1v) is 7.80. The summed E-state index contributed by atoms with van der Waals surface area (Å²) in [4.78, 5) is 4.86. The molecule has 0 aromatic heterocycles. The lowest BCUT2D eigenvalue weighted by atomic mass is 10.1. The van der Waals surface area contributed by atoms with E-state index in [0.29, 0.717) is 12.6 Å². The molecule has 2 atom stereocenters. The van der Waals surface area contributed by atoms with Crippen LogP contribution in [0.1, 0.15) is 30.9 Å². The predicted molar refractivity (Wildman–Crippen MR) is 78.9 cm³/mol. The largest absolute Gasteiger partial charge is 0.323 e. The summed E-state index contributed by atoms with van der Waals surface area (Å²) in [5.41, 5.74) is 6.40. The average molecular weight is 295 g/mol. The van der Waals surface area contributed by atoms with Gasteiger partial charge in [0.2, 0.25) is 0 Å². The van der Waals surface area contributed by atoms with Gasteiger partial charge in [-0.25, -0.2) is 8.78 Å². The van der Waals surface area contributed by atoms with E-state index in [-0.39, 0.29) is 5.56 Å². The zero-order chi connectivity index (χ0) is 14.8. The molecule has 0 spiro atoms. The van der Waals surface area contributed by atoms with E-state index in [1.807, 2.05) is 0 Å². The Morgan fingerprint density at radius 1 is 1.19 bits per heavy atom. The number of halogens is 2. The highest BCUT2D eigenvalue weighted by Gasteiger charge is 2.29. The molecule has 2 aliphatic heterocycles. The molecule has 116 valence electrons. The monoisotopic (exact) mass is 295 g/mol. The quantitative estimate of drug-likeness (QED) is 0.927. The van der Waals surface area contributed by atoms with Crippen molar-refractivity contribution in [2.24, 2.45) is 5.73 Å². The van der Waals surface area contributed by atoms with Gasteiger partial charge in [-0.3, -0.25) is 9.80 Å². The first-order valence-electron chi connectivity index (χ1n) is 7.80. The summed E-state index contributed by atoms with van der Waals surface area (Å²) in [6.45, 7) is 4.90. The second kappa shape index (κ2) is 6.38. The number of nitrogens with two attached hydrogens (primary N) is 1. The smallest absolute Gasteiger partial charge is 0.128 e. The van der Waals surface area contributed by atoms with Crippen molar-refractivity contribution in [3.05, 3.63) is 35.4 Å². The lowest BCUT2D eigenvalue weighted by Crippen LogP contribution is -2.39. The summed E-state index contributed by atoms with van der Waals surface area (Å²) in [7, 11) is 0. The van der Waals surface area contributed by atoms with Gasteiger partial charge in [0.25, 0.3) is 0 Å². The highest BCUT2D eigenvalue weighted by atomic mass is 19.1. The Kier molecular flexibility index (Phi) is 4.52. The number of nitrogens with zero attached hydrogens (tertiary/aromatic N) is 2. The molecule has 1 aromatic rings. The zero-order valence-electron chi connectivity index (χ0n) is 12.3. The van der Waals surface area contributed by atoms with Crippen molar-refractivity contribution in [3.8, 4) is 0 Å². The average Bonchev–Trinajstić information content (AvgIpc) is 2.80. The van der Waals surface area contributed by atoms with Crippen LogP contribution in [0.2, 0.25) is 0 Å². The summed E-state index contributed by atoms with van der Waals surface area (Å²) in [5, 5.41) is 0. The Bertz CT molecular complexity index is 494. The first kappa shape index (κ1) is 14.9. The van der Waals surface area contributed by atoms with Crippen molar-refractivity contribution in [3.63, 3.8) is 0 Å². The Labute approximate surface area is 124 Å². The molecule has 2 unspecified atom stereocenters. The van der Waals surface area contributed by atoms with Gasteiger partial charge in [-0.15, -0.1) is 0 Å². The van der Waals surface area contributed by atoms with Crippen molar-refractivity contribution < 1.29 is 8.78 Å². The number of hydrogen-bond donors (Lipinski definition) is 1. The minimum absolute atomic E-state index is 0.280. The molecule has 2 aliphatic rings. The second-order valence-corrected chi connectivity index (χ2v) is 6.22. The van der Waals surface area contributed by atoms with E-state index in [4.69, 9.17) is 5.73 Å². The van der Waals surface area contributed by atoms with Crippen molar-refractivity contribution in [2.45, 2.75) is 31.3 Å². The van der Waals surface area contributed by atoms with Crippen molar-refractivity contribution in [1.29, 1.82) is 0 Å². The van der Waals surface area contributed by atoms with Crippen molar-refractivity contribution in [1.82, 2.24) is 9.80 Å². The fraction of sp³-hybridized carbons (Fsp3) is 0.625. The van der Waals surface area contributed by atoms with Gasteiger partial charge in [-0.1, -0.05) is 0 Å². The molecule has 3 rings (SSSR count). The first-order chi connectivity index (χ1) is 10.1. The summed E-state index contributed by atoms with van der Waals surface area (Å²) in [5.74, 6) is -0.846. The van der Waals surface area contributed by atoms with Crippen LogP contribution >= 0.6 is 0 Å². The zero-order valence-corrected chi connectivity index (χ0v) is 12.3. The van der Waals surface area contributed by atoms with Crippen LogP contribution in [0.25, 0.3) is 0 Å². The minimum Gasteiger partial charge on any atom is -0.323 e. The van der Waals surface area contributed by atoms with Gasteiger partial charge in [-0.05, 0) is 57.1 Å². The number of benzene rings is 1. The normalized spacial score (nSPS) is 25.6. The second-order valence-electron chi connectivity index (χ2n) is 6.22. The third-order valence-corrected chi connectivity index (χ3v) is 4.70. The molecule has 2 heterocycles. The maximum absolute atomic E-state index is 13.8. The number of fused-ring (bicyclic) bond motifs is 1. The van der Waals surface area contributed by atoms with Gasteiger partial charge in [0.15, 0.2) is 0 Å². The van der Waals surface area contributed by atoms with Gasteiger partial charge < -0.3 is 5.73 Å². The summed E-state index contributed by atoms with van der Waals surface area (Å²) in [6, 6.07) is 3.64. The Hall–Kier alpha value is -1.04. The Morgan fingerprint density at radius 3 is 2.86 bits per heavy atom. The molecule has 3 nitrogen and oxygen atoms in total. The molecular formula is C16H23F2N3. The van der Waals surface area contributed by atoms with Gasteiger partial charge in [0.1, 0.15) is 11.6 Å². The molecule has 0 bridgehead atoms. The standard InChI is InChI=1S/C16H23F2N3/c17-12-4-5-15(18)14(9-12)16(19)11-20-6-2-8-21-7-1-3-13(21)10-20/h4-5,9,13,16H,1-3,6-8,10-11,19H2.